The Hall–Kier alpha value is -0.160. The summed E-state index contributed by atoms with van der Waals surface area (Å²) in [7, 11) is 1.55. The van der Waals surface area contributed by atoms with Crippen molar-refractivity contribution in [2.24, 2.45) is 0 Å². The molecule has 1 N–H and O–H groups in total. The summed E-state index contributed by atoms with van der Waals surface area (Å²) in [5.41, 5.74) is 0. The van der Waals surface area contributed by atoms with E-state index in [-0.39, 0.29) is 18.3 Å². The van der Waals surface area contributed by atoms with E-state index in [9.17, 15) is 5.11 Å². The minimum atomic E-state index is -0.870. The molecule has 4 nitrogen and oxygen atoms in total. The van der Waals surface area contributed by atoms with Crippen molar-refractivity contribution in [3.05, 3.63) is 0 Å². The fourth-order valence-corrected chi connectivity index (χ4v) is 1.66. The van der Waals surface area contributed by atoms with Crippen LogP contribution in [-0.2, 0) is 14.2 Å². The second kappa shape index (κ2) is 4.91. The molecule has 1 rings (SSSR count). The van der Waals surface area contributed by atoms with Crippen molar-refractivity contribution in [3.8, 4) is 0 Å². The SMILES string of the molecule is CCO[C@@H]1C[C@H](C)O[C@@H](O)[C@@H]1OC. The predicted molar refractivity (Wildman–Crippen MR) is 47.4 cm³/mol. The van der Waals surface area contributed by atoms with E-state index in [0.29, 0.717) is 6.61 Å². The summed E-state index contributed by atoms with van der Waals surface area (Å²) < 4.78 is 15.8. The maximum absolute atomic E-state index is 9.51. The number of ether oxygens (including phenoxy) is 3. The molecule has 1 fully saturated rings. The van der Waals surface area contributed by atoms with Gasteiger partial charge in [0.25, 0.3) is 0 Å². The van der Waals surface area contributed by atoms with E-state index in [1.807, 2.05) is 13.8 Å². The van der Waals surface area contributed by atoms with Crippen molar-refractivity contribution < 1.29 is 19.3 Å². The van der Waals surface area contributed by atoms with E-state index >= 15 is 0 Å². The van der Waals surface area contributed by atoms with Gasteiger partial charge in [-0.2, -0.15) is 0 Å². The third kappa shape index (κ3) is 2.64. The van der Waals surface area contributed by atoms with Crippen molar-refractivity contribution in [1.29, 1.82) is 0 Å². The number of hydrogen-bond donors (Lipinski definition) is 1. The molecule has 0 spiro atoms. The van der Waals surface area contributed by atoms with Gasteiger partial charge in [0.15, 0.2) is 6.29 Å². The molecule has 0 bridgehead atoms. The molecule has 0 radical (unpaired) electrons. The van der Waals surface area contributed by atoms with Crippen molar-refractivity contribution in [2.45, 2.75) is 44.9 Å². The smallest absolute Gasteiger partial charge is 0.183 e. The van der Waals surface area contributed by atoms with Gasteiger partial charge in [-0.25, -0.2) is 0 Å². The van der Waals surface area contributed by atoms with E-state index in [1.165, 1.54) is 0 Å². The molecule has 78 valence electrons. The van der Waals surface area contributed by atoms with Gasteiger partial charge in [-0.1, -0.05) is 0 Å². The van der Waals surface area contributed by atoms with Crippen molar-refractivity contribution >= 4 is 0 Å². The average Bonchev–Trinajstić information content (AvgIpc) is 2.04. The highest BCUT2D eigenvalue weighted by Crippen LogP contribution is 2.23. The minimum absolute atomic E-state index is 0.0259. The zero-order valence-corrected chi connectivity index (χ0v) is 8.40. The lowest BCUT2D eigenvalue weighted by atomic mass is 10.0. The van der Waals surface area contributed by atoms with Gasteiger partial charge in [0.05, 0.1) is 12.2 Å². The lowest BCUT2D eigenvalue weighted by Crippen LogP contribution is -2.49. The van der Waals surface area contributed by atoms with Gasteiger partial charge in [0.1, 0.15) is 6.10 Å². The van der Waals surface area contributed by atoms with Crippen LogP contribution in [0, 0.1) is 0 Å². The van der Waals surface area contributed by atoms with E-state index < -0.39 is 6.29 Å². The van der Waals surface area contributed by atoms with Crippen LogP contribution in [0.4, 0.5) is 0 Å². The van der Waals surface area contributed by atoms with Crippen molar-refractivity contribution in [3.63, 3.8) is 0 Å². The summed E-state index contributed by atoms with van der Waals surface area (Å²) in [6, 6.07) is 0. The van der Waals surface area contributed by atoms with Gasteiger partial charge >= 0.3 is 0 Å². The van der Waals surface area contributed by atoms with Gasteiger partial charge in [-0.15, -0.1) is 0 Å². The lowest BCUT2D eigenvalue weighted by molar-refractivity contribution is -0.257. The second-order valence-electron chi connectivity index (χ2n) is 3.27. The first-order valence-electron chi connectivity index (χ1n) is 4.67. The van der Waals surface area contributed by atoms with Crippen LogP contribution < -0.4 is 0 Å². The highest BCUT2D eigenvalue weighted by atomic mass is 16.6. The third-order valence-electron chi connectivity index (χ3n) is 2.24. The first-order chi connectivity index (χ1) is 6.19. The van der Waals surface area contributed by atoms with Gasteiger partial charge in [-0.3, -0.25) is 0 Å². The predicted octanol–water partition coefficient (Wildman–Crippen LogP) is 0.534. The second-order valence-corrected chi connectivity index (χ2v) is 3.27. The Kier molecular flexibility index (Phi) is 4.12. The molecule has 4 heteroatoms. The van der Waals surface area contributed by atoms with Crippen LogP contribution in [0.3, 0.4) is 0 Å². The third-order valence-corrected chi connectivity index (χ3v) is 2.24. The first kappa shape index (κ1) is 10.9. The Morgan fingerprint density at radius 2 is 2.23 bits per heavy atom. The Morgan fingerprint density at radius 1 is 1.54 bits per heavy atom. The molecule has 0 aliphatic carbocycles. The van der Waals surface area contributed by atoms with Crippen LogP contribution >= 0.6 is 0 Å². The average molecular weight is 190 g/mol. The van der Waals surface area contributed by atoms with Crippen LogP contribution in [-0.4, -0.2) is 43.4 Å². The van der Waals surface area contributed by atoms with Crippen LogP contribution in [0.25, 0.3) is 0 Å². The topological polar surface area (TPSA) is 47.9 Å². The molecule has 1 heterocycles. The van der Waals surface area contributed by atoms with Gasteiger partial charge in [-0.05, 0) is 13.8 Å². The van der Waals surface area contributed by atoms with E-state index in [1.54, 1.807) is 7.11 Å². The number of methoxy groups -OCH3 is 1. The highest BCUT2D eigenvalue weighted by molar-refractivity contribution is 4.81. The summed E-state index contributed by atoms with van der Waals surface area (Å²) in [5, 5.41) is 9.51. The molecule has 0 aromatic carbocycles. The van der Waals surface area contributed by atoms with Crippen molar-refractivity contribution in [1.82, 2.24) is 0 Å². The largest absolute Gasteiger partial charge is 0.375 e. The van der Waals surface area contributed by atoms with Gasteiger partial charge < -0.3 is 19.3 Å². The normalized spacial score (nSPS) is 40.6. The monoisotopic (exact) mass is 190 g/mol. The summed E-state index contributed by atoms with van der Waals surface area (Å²) in [6.45, 7) is 4.48. The molecular formula is C9H18O4. The quantitative estimate of drug-likeness (QED) is 0.705. The lowest BCUT2D eigenvalue weighted by Gasteiger charge is -2.37. The molecule has 1 saturated heterocycles. The minimum Gasteiger partial charge on any atom is -0.375 e. The Bertz CT molecular complexity index is 151. The van der Waals surface area contributed by atoms with Gasteiger partial charge in [0, 0.05) is 20.1 Å². The molecule has 1 aliphatic rings. The van der Waals surface area contributed by atoms with E-state index in [0.717, 1.165) is 6.42 Å². The molecule has 0 unspecified atom stereocenters. The highest BCUT2D eigenvalue weighted by Gasteiger charge is 2.36. The summed E-state index contributed by atoms with van der Waals surface area (Å²) >= 11 is 0. The van der Waals surface area contributed by atoms with Crippen LogP contribution in [0.5, 0.6) is 0 Å². The molecule has 1 aliphatic heterocycles. The Labute approximate surface area is 78.8 Å². The zero-order valence-electron chi connectivity index (χ0n) is 8.40. The number of hydrogen-bond acceptors (Lipinski definition) is 4. The van der Waals surface area contributed by atoms with E-state index in [4.69, 9.17) is 14.2 Å². The first-order valence-corrected chi connectivity index (χ1v) is 4.67. The van der Waals surface area contributed by atoms with Crippen molar-refractivity contribution in [2.75, 3.05) is 13.7 Å². The molecule has 13 heavy (non-hydrogen) atoms. The fraction of sp³-hybridized carbons (Fsp3) is 1.00. The Balaban J connectivity index is 2.54. The maximum Gasteiger partial charge on any atom is 0.183 e. The van der Waals surface area contributed by atoms with Crippen LogP contribution in [0.1, 0.15) is 20.3 Å². The van der Waals surface area contributed by atoms with Gasteiger partial charge in [0.2, 0.25) is 0 Å². The molecule has 4 atom stereocenters. The number of aliphatic hydroxyl groups excluding tert-OH is 1. The fourth-order valence-electron chi connectivity index (χ4n) is 1.66. The standard InChI is InChI=1S/C9H18O4/c1-4-12-7-5-6(2)13-9(10)8(7)11-3/h6-10H,4-5H2,1-3H3/t6-,7+,8+,9+/m0/s1. The molecule has 0 aromatic rings. The summed E-state index contributed by atoms with van der Waals surface area (Å²) in [6.07, 6.45) is -0.503. The summed E-state index contributed by atoms with van der Waals surface area (Å²) in [5.74, 6) is 0. The Morgan fingerprint density at radius 3 is 2.77 bits per heavy atom. The maximum atomic E-state index is 9.51. The molecular weight excluding hydrogens is 172 g/mol. The number of aliphatic hydroxyl groups is 1. The van der Waals surface area contributed by atoms with Crippen LogP contribution in [0.2, 0.25) is 0 Å². The number of rotatable bonds is 3. The zero-order chi connectivity index (χ0) is 9.84. The molecule has 0 aromatic heterocycles. The van der Waals surface area contributed by atoms with Crippen LogP contribution in [0.15, 0.2) is 0 Å². The van der Waals surface area contributed by atoms with E-state index in [2.05, 4.69) is 0 Å². The summed E-state index contributed by atoms with van der Waals surface area (Å²) in [4.78, 5) is 0. The molecule has 0 saturated carbocycles. The molecule has 0 amide bonds.